The number of amides is 1. The molecule has 0 radical (unpaired) electrons. The molecule has 32 heavy (non-hydrogen) atoms. The Balaban J connectivity index is 1.46. The number of rotatable bonds is 9. The van der Waals surface area contributed by atoms with Crippen LogP contribution in [0.15, 0.2) is 41.6 Å². The van der Waals surface area contributed by atoms with Gasteiger partial charge in [-0.2, -0.15) is 9.40 Å². The molecule has 2 heterocycles. The second-order valence-electron chi connectivity index (χ2n) is 7.85. The van der Waals surface area contributed by atoms with Crippen LogP contribution in [-0.2, 0) is 26.1 Å². The van der Waals surface area contributed by atoms with E-state index in [-0.39, 0.29) is 36.4 Å². The number of aryl methyl sites for hydroxylation is 2. The third-order valence-corrected chi connectivity index (χ3v) is 7.37. The Morgan fingerprint density at radius 1 is 1.19 bits per heavy atom. The number of carbonyl (C=O) groups excluding carboxylic acids is 2. The average molecular weight is 463 g/mol. The number of nitrogens with zero attached hydrogens (tertiary/aromatic N) is 3. The van der Waals surface area contributed by atoms with Gasteiger partial charge in [-0.3, -0.25) is 9.48 Å². The molecule has 1 aromatic carbocycles. The fraction of sp³-hybridized carbons (Fsp3) is 0.500. The largest absolute Gasteiger partial charge is 0.462 e. The molecule has 1 amide bonds. The molecule has 0 spiro atoms. The van der Waals surface area contributed by atoms with Crippen molar-refractivity contribution in [3.05, 3.63) is 47.8 Å². The van der Waals surface area contributed by atoms with Gasteiger partial charge in [0.15, 0.2) is 0 Å². The van der Waals surface area contributed by atoms with Gasteiger partial charge in [0.05, 0.1) is 23.3 Å². The number of esters is 1. The molecule has 10 heteroatoms. The first-order chi connectivity index (χ1) is 15.3. The molecule has 9 nitrogen and oxygen atoms in total. The minimum absolute atomic E-state index is 0.0301. The molecule has 0 unspecified atom stereocenters. The first-order valence-electron chi connectivity index (χ1n) is 10.9. The highest BCUT2D eigenvalue weighted by atomic mass is 32.2. The van der Waals surface area contributed by atoms with Crippen LogP contribution in [0.4, 0.5) is 0 Å². The van der Waals surface area contributed by atoms with Gasteiger partial charge in [-0.15, -0.1) is 0 Å². The van der Waals surface area contributed by atoms with E-state index in [2.05, 4.69) is 10.4 Å². The van der Waals surface area contributed by atoms with Crippen molar-refractivity contribution in [3.8, 4) is 0 Å². The Morgan fingerprint density at radius 2 is 1.88 bits per heavy atom. The minimum Gasteiger partial charge on any atom is -0.462 e. The standard InChI is InChI=1S/C22H30N4O5S/c1-3-31-22(28)19-5-7-20(8-6-19)32(29,30)26-13-9-18(10-14-26)21(27)23-11-4-12-25-16-17(2)15-24-25/h5-8,15-16,18H,3-4,9-14H2,1-2H3,(H,23,27). The molecule has 2 aromatic rings. The van der Waals surface area contributed by atoms with E-state index in [1.807, 2.05) is 17.8 Å². The Labute approximate surface area is 188 Å². The summed E-state index contributed by atoms with van der Waals surface area (Å²) in [7, 11) is -3.68. The zero-order valence-corrected chi connectivity index (χ0v) is 19.3. The first kappa shape index (κ1) is 23.9. The SMILES string of the molecule is CCOC(=O)c1ccc(S(=O)(=O)N2CCC(C(=O)NCCCn3cc(C)cn3)CC2)cc1. The molecular weight excluding hydrogens is 432 g/mol. The number of sulfonamides is 1. The number of aromatic nitrogens is 2. The van der Waals surface area contributed by atoms with Crippen LogP contribution in [0.3, 0.4) is 0 Å². The summed E-state index contributed by atoms with van der Waals surface area (Å²) in [6.07, 6.45) is 5.49. The Hall–Kier alpha value is -2.72. The van der Waals surface area contributed by atoms with Crippen LogP contribution >= 0.6 is 0 Å². The summed E-state index contributed by atoms with van der Waals surface area (Å²) in [5, 5.41) is 7.17. The average Bonchev–Trinajstić information content (AvgIpc) is 3.22. The van der Waals surface area contributed by atoms with E-state index in [4.69, 9.17) is 4.74 Å². The maximum absolute atomic E-state index is 12.9. The van der Waals surface area contributed by atoms with E-state index in [1.54, 1.807) is 13.1 Å². The summed E-state index contributed by atoms with van der Waals surface area (Å²) in [5.74, 6) is -0.708. The van der Waals surface area contributed by atoms with Crippen LogP contribution in [0.5, 0.6) is 0 Å². The van der Waals surface area contributed by atoms with Crippen molar-refractivity contribution < 1.29 is 22.7 Å². The lowest BCUT2D eigenvalue weighted by atomic mass is 9.97. The highest BCUT2D eigenvalue weighted by Crippen LogP contribution is 2.24. The number of ether oxygens (including phenoxy) is 1. The molecular formula is C22H30N4O5S. The van der Waals surface area contributed by atoms with Crippen LogP contribution in [0.25, 0.3) is 0 Å². The van der Waals surface area contributed by atoms with Crippen molar-refractivity contribution >= 4 is 21.9 Å². The smallest absolute Gasteiger partial charge is 0.338 e. The molecule has 1 N–H and O–H groups in total. The van der Waals surface area contributed by atoms with E-state index >= 15 is 0 Å². The van der Waals surface area contributed by atoms with Gasteiger partial charge in [0.1, 0.15) is 0 Å². The van der Waals surface area contributed by atoms with E-state index in [1.165, 1.54) is 28.6 Å². The fourth-order valence-corrected chi connectivity index (χ4v) is 5.14. The van der Waals surface area contributed by atoms with Crippen LogP contribution in [-0.4, -0.2) is 60.6 Å². The number of carbonyl (C=O) groups is 2. The summed E-state index contributed by atoms with van der Waals surface area (Å²) in [4.78, 5) is 24.3. The van der Waals surface area contributed by atoms with Gasteiger partial charge in [0.2, 0.25) is 15.9 Å². The highest BCUT2D eigenvalue weighted by Gasteiger charge is 2.32. The fourth-order valence-electron chi connectivity index (χ4n) is 3.67. The van der Waals surface area contributed by atoms with Crippen molar-refractivity contribution in [1.82, 2.24) is 19.4 Å². The Morgan fingerprint density at radius 3 is 2.47 bits per heavy atom. The molecule has 0 aliphatic carbocycles. The molecule has 174 valence electrons. The van der Waals surface area contributed by atoms with Crippen LogP contribution in [0, 0.1) is 12.8 Å². The quantitative estimate of drug-likeness (QED) is 0.451. The Kier molecular flexibility index (Phi) is 8.03. The first-order valence-corrected chi connectivity index (χ1v) is 12.3. The monoisotopic (exact) mass is 462 g/mol. The third kappa shape index (κ3) is 5.95. The van der Waals surface area contributed by atoms with Gasteiger partial charge in [0, 0.05) is 38.3 Å². The number of piperidine rings is 1. The number of nitrogens with one attached hydrogen (secondary N) is 1. The van der Waals surface area contributed by atoms with Crippen LogP contribution < -0.4 is 5.32 Å². The third-order valence-electron chi connectivity index (χ3n) is 5.45. The summed E-state index contributed by atoms with van der Waals surface area (Å²) in [5.41, 5.74) is 1.41. The van der Waals surface area contributed by atoms with Gasteiger partial charge in [-0.1, -0.05) is 0 Å². The topological polar surface area (TPSA) is 111 Å². The van der Waals surface area contributed by atoms with Crippen molar-refractivity contribution in [2.45, 2.75) is 44.6 Å². The highest BCUT2D eigenvalue weighted by molar-refractivity contribution is 7.89. The van der Waals surface area contributed by atoms with Gasteiger partial charge >= 0.3 is 5.97 Å². The molecule has 1 aliphatic heterocycles. The number of hydrogen-bond donors (Lipinski definition) is 1. The molecule has 1 aromatic heterocycles. The predicted octanol–water partition coefficient (Wildman–Crippen LogP) is 1.98. The van der Waals surface area contributed by atoms with Gasteiger partial charge in [0.25, 0.3) is 0 Å². The molecule has 1 aliphatic rings. The van der Waals surface area contributed by atoms with E-state index < -0.39 is 16.0 Å². The molecule has 1 fully saturated rings. The lowest BCUT2D eigenvalue weighted by Gasteiger charge is -2.30. The van der Waals surface area contributed by atoms with Crippen molar-refractivity contribution in [2.75, 3.05) is 26.2 Å². The van der Waals surface area contributed by atoms with Gasteiger partial charge in [-0.25, -0.2) is 13.2 Å². The van der Waals surface area contributed by atoms with Gasteiger partial charge in [-0.05, 0) is 62.9 Å². The lowest BCUT2D eigenvalue weighted by molar-refractivity contribution is -0.126. The van der Waals surface area contributed by atoms with Crippen molar-refractivity contribution in [2.24, 2.45) is 5.92 Å². The summed E-state index contributed by atoms with van der Waals surface area (Å²) in [6.45, 7) is 5.81. The summed E-state index contributed by atoms with van der Waals surface area (Å²) in [6, 6.07) is 5.74. The van der Waals surface area contributed by atoms with E-state index in [0.29, 0.717) is 24.9 Å². The summed E-state index contributed by atoms with van der Waals surface area (Å²) >= 11 is 0. The zero-order valence-electron chi connectivity index (χ0n) is 18.5. The van der Waals surface area contributed by atoms with Crippen molar-refractivity contribution in [1.29, 1.82) is 0 Å². The van der Waals surface area contributed by atoms with Crippen molar-refractivity contribution in [3.63, 3.8) is 0 Å². The summed E-state index contributed by atoms with van der Waals surface area (Å²) < 4.78 is 34.0. The molecule has 1 saturated heterocycles. The van der Waals surface area contributed by atoms with Gasteiger partial charge < -0.3 is 10.1 Å². The van der Waals surface area contributed by atoms with Crippen LogP contribution in [0.1, 0.15) is 42.1 Å². The normalized spacial score (nSPS) is 15.4. The second kappa shape index (κ2) is 10.7. The number of hydrogen-bond acceptors (Lipinski definition) is 6. The molecule has 0 atom stereocenters. The zero-order chi connectivity index (χ0) is 23.1. The molecule has 0 saturated carbocycles. The Bertz CT molecular complexity index is 1020. The lowest BCUT2D eigenvalue weighted by Crippen LogP contribution is -2.43. The molecule has 3 rings (SSSR count). The van der Waals surface area contributed by atoms with Crippen LogP contribution in [0.2, 0.25) is 0 Å². The van der Waals surface area contributed by atoms with E-state index in [9.17, 15) is 18.0 Å². The number of benzene rings is 1. The molecule has 0 bridgehead atoms. The minimum atomic E-state index is -3.68. The predicted molar refractivity (Wildman–Crippen MR) is 118 cm³/mol. The second-order valence-corrected chi connectivity index (χ2v) is 9.79. The van der Waals surface area contributed by atoms with E-state index in [0.717, 1.165) is 18.5 Å². The maximum Gasteiger partial charge on any atom is 0.338 e. The maximum atomic E-state index is 12.9.